The Bertz CT molecular complexity index is 642. The van der Waals surface area contributed by atoms with E-state index < -0.39 is 0 Å². The Morgan fingerprint density at radius 3 is 2.70 bits per heavy atom. The second kappa shape index (κ2) is 4.81. The fourth-order valence-corrected chi connectivity index (χ4v) is 2.95. The maximum atomic E-state index is 14.0. The average molecular weight is 274 g/mol. The van der Waals surface area contributed by atoms with Gasteiger partial charge in [0.25, 0.3) is 0 Å². The van der Waals surface area contributed by atoms with Gasteiger partial charge in [0, 0.05) is 11.5 Å². The van der Waals surface area contributed by atoms with Crippen LogP contribution in [0, 0.1) is 12.7 Å². The van der Waals surface area contributed by atoms with Crippen molar-refractivity contribution >= 4 is 5.82 Å². The lowest BCUT2D eigenvalue weighted by atomic mass is 10.1. The number of rotatable bonds is 2. The topological polar surface area (TPSA) is 69.9 Å². The Morgan fingerprint density at radius 1 is 1.30 bits per heavy atom. The molecule has 0 bridgehead atoms. The Labute approximate surface area is 117 Å². The molecular formula is C15H19FN4. The number of imidazole rings is 1. The lowest BCUT2D eigenvalue weighted by molar-refractivity contribution is 0.629. The summed E-state index contributed by atoms with van der Waals surface area (Å²) in [6.07, 6.45) is 4.52. The van der Waals surface area contributed by atoms with Crippen LogP contribution in [0.25, 0.3) is 11.3 Å². The van der Waals surface area contributed by atoms with E-state index in [2.05, 4.69) is 4.98 Å². The minimum absolute atomic E-state index is 0.321. The lowest BCUT2D eigenvalue weighted by Crippen LogP contribution is -2.17. The van der Waals surface area contributed by atoms with Crippen LogP contribution in [0.5, 0.6) is 0 Å². The molecule has 5 heteroatoms. The second-order valence-corrected chi connectivity index (χ2v) is 5.54. The van der Waals surface area contributed by atoms with Crippen LogP contribution in [0.4, 0.5) is 10.2 Å². The maximum Gasteiger partial charge on any atom is 0.150 e. The van der Waals surface area contributed by atoms with Crippen LogP contribution in [-0.2, 0) is 0 Å². The van der Waals surface area contributed by atoms with Crippen molar-refractivity contribution in [2.45, 2.75) is 38.5 Å². The number of anilines is 1. The third-order valence-corrected chi connectivity index (χ3v) is 4.07. The highest BCUT2D eigenvalue weighted by molar-refractivity contribution is 5.72. The van der Waals surface area contributed by atoms with Crippen LogP contribution in [0.1, 0.15) is 43.0 Å². The number of nitrogens with two attached hydrogens (primary N) is 2. The number of aryl methyl sites for hydroxylation is 1. The minimum atomic E-state index is -0.321. The van der Waals surface area contributed by atoms with E-state index in [1.807, 2.05) is 6.92 Å². The number of benzene rings is 1. The zero-order valence-corrected chi connectivity index (χ0v) is 11.6. The van der Waals surface area contributed by atoms with Gasteiger partial charge in [-0.15, -0.1) is 0 Å². The summed E-state index contributed by atoms with van der Waals surface area (Å²) in [7, 11) is 0. The summed E-state index contributed by atoms with van der Waals surface area (Å²) in [5.41, 5.74) is 7.87. The van der Waals surface area contributed by atoms with E-state index in [0.717, 1.165) is 24.2 Å². The molecule has 0 unspecified atom stereocenters. The number of hydrogen-bond acceptors (Lipinski definition) is 3. The molecule has 1 aliphatic rings. The van der Waals surface area contributed by atoms with Crippen molar-refractivity contribution < 1.29 is 4.39 Å². The van der Waals surface area contributed by atoms with Gasteiger partial charge in [0.1, 0.15) is 17.3 Å². The van der Waals surface area contributed by atoms with Gasteiger partial charge in [0.05, 0.1) is 0 Å². The first-order valence-corrected chi connectivity index (χ1v) is 6.97. The molecule has 0 aliphatic heterocycles. The molecule has 4 N–H and O–H groups in total. The van der Waals surface area contributed by atoms with Gasteiger partial charge in [-0.1, -0.05) is 24.5 Å². The van der Waals surface area contributed by atoms with E-state index in [1.54, 1.807) is 12.1 Å². The molecule has 0 atom stereocenters. The molecule has 1 fully saturated rings. The van der Waals surface area contributed by atoms with Gasteiger partial charge in [-0.3, -0.25) is 0 Å². The first-order valence-electron chi connectivity index (χ1n) is 6.97. The Balaban J connectivity index is 2.10. The van der Waals surface area contributed by atoms with E-state index in [4.69, 9.17) is 11.6 Å². The average Bonchev–Trinajstić information content (AvgIpc) is 3.04. The monoisotopic (exact) mass is 274 g/mol. The fourth-order valence-electron chi connectivity index (χ4n) is 2.95. The summed E-state index contributed by atoms with van der Waals surface area (Å²) in [5.74, 6) is 7.14. The molecule has 0 saturated heterocycles. The van der Waals surface area contributed by atoms with Crippen molar-refractivity contribution in [2.24, 2.45) is 0 Å². The van der Waals surface area contributed by atoms with Gasteiger partial charge >= 0.3 is 0 Å². The highest BCUT2D eigenvalue weighted by Crippen LogP contribution is 2.37. The Morgan fingerprint density at radius 2 is 2.00 bits per heavy atom. The van der Waals surface area contributed by atoms with E-state index in [0.29, 0.717) is 23.0 Å². The van der Waals surface area contributed by atoms with Gasteiger partial charge in [-0.05, 0) is 31.9 Å². The van der Waals surface area contributed by atoms with Crippen LogP contribution < -0.4 is 11.6 Å². The molecule has 1 aromatic carbocycles. The molecule has 0 spiro atoms. The van der Waals surface area contributed by atoms with Crippen LogP contribution in [0.3, 0.4) is 0 Å². The van der Waals surface area contributed by atoms with Gasteiger partial charge < -0.3 is 11.6 Å². The molecule has 1 aliphatic carbocycles. The van der Waals surface area contributed by atoms with Gasteiger partial charge in [0.2, 0.25) is 0 Å². The molecule has 106 valence electrons. The van der Waals surface area contributed by atoms with E-state index >= 15 is 0 Å². The van der Waals surface area contributed by atoms with Crippen molar-refractivity contribution in [3.8, 4) is 11.3 Å². The minimum Gasteiger partial charge on any atom is -0.382 e. The highest BCUT2D eigenvalue weighted by Gasteiger charge is 2.25. The third kappa shape index (κ3) is 2.03. The summed E-state index contributed by atoms with van der Waals surface area (Å²) in [5, 5.41) is 0. The molecule has 1 saturated carbocycles. The number of aromatic nitrogens is 2. The lowest BCUT2D eigenvalue weighted by Gasteiger charge is -2.08. The van der Waals surface area contributed by atoms with Gasteiger partial charge in [-0.25, -0.2) is 14.1 Å². The van der Waals surface area contributed by atoms with Crippen molar-refractivity contribution in [3.63, 3.8) is 0 Å². The Hall–Kier alpha value is -2.04. The van der Waals surface area contributed by atoms with E-state index in [-0.39, 0.29) is 5.82 Å². The van der Waals surface area contributed by atoms with Crippen LogP contribution in [0.2, 0.25) is 0 Å². The fraction of sp³-hybridized carbons (Fsp3) is 0.400. The van der Waals surface area contributed by atoms with Crippen LogP contribution in [0.15, 0.2) is 18.2 Å². The van der Waals surface area contributed by atoms with Crippen molar-refractivity contribution in [2.75, 3.05) is 11.6 Å². The van der Waals surface area contributed by atoms with Crippen LogP contribution >= 0.6 is 0 Å². The summed E-state index contributed by atoms with van der Waals surface area (Å²) >= 11 is 0. The molecule has 20 heavy (non-hydrogen) atoms. The van der Waals surface area contributed by atoms with Crippen molar-refractivity contribution in [1.82, 2.24) is 9.66 Å². The highest BCUT2D eigenvalue weighted by atomic mass is 19.1. The molecule has 1 heterocycles. The molecular weight excluding hydrogens is 255 g/mol. The standard InChI is InChI=1S/C15H19FN4/c1-9-6-7-12(16)11(8-9)13-14(17)20(18)15(19-13)10-4-2-3-5-10/h6-8,10H,2-5,17-18H2,1H3. The summed E-state index contributed by atoms with van der Waals surface area (Å²) in [6.45, 7) is 1.91. The molecule has 2 aromatic rings. The van der Waals surface area contributed by atoms with Gasteiger partial charge in [-0.2, -0.15) is 0 Å². The smallest absolute Gasteiger partial charge is 0.150 e. The number of nitrogens with zero attached hydrogens (tertiary/aromatic N) is 2. The van der Waals surface area contributed by atoms with E-state index in [1.165, 1.54) is 23.6 Å². The summed E-state index contributed by atoms with van der Waals surface area (Å²) < 4.78 is 15.4. The molecule has 3 rings (SSSR count). The number of nitrogen functional groups attached to an aromatic ring is 2. The quantitative estimate of drug-likeness (QED) is 0.827. The molecule has 0 radical (unpaired) electrons. The summed E-state index contributed by atoms with van der Waals surface area (Å²) in [4.78, 5) is 4.54. The first kappa shape index (κ1) is 13.0. The molecule has 1 aromatic heterocycles. The van der Waals surface area contributed by atoms with Gasteiger partial charge in [0.15, 0.2) is 5.82 Å². The largest absolute Gasteiger partial charge is 0.382 e. The SMILES string of the molecule is Cc1ccc(F)c(-c2nc(C3CCCC3)n(N)c2N)c1. The molecule has 4 nitrogen and oxygen atoms in total. The van der Waals surface area contributed by atoms with E-state index in [9.17, 15) is 4.39 Å². The second-order valence-electron chi connectivity index (χ2n) is 5.54. The van der Waals surface area contributed by atoms with Crippen molar-refractivity contribution in [1.29, 1.82) is 0 Å². The predicted molar refractivity (Wildman–Crippen MR) is 78.1 cm³/mol. The zero-order chi connectivity index (χ0) is 14.3. The first-order chi connectivity index (χ1) is 9.58. The number of halogens is 1. The maximum absolute atomic E-state index is 14.0. The summed E-state index contributed by atoms with van der Waals surface area (Å²) in [6, 6.07) is 4.92. The van der Waals surface area contributed by atoms with Crippen LogP contribution in [-0.4, -0.2) is 9.66 Å². The Kier molecular flexibility index (Phi) is 3.12. The normalized spacial score (nSPS) is 15.9. The zero-order valence-electron chi connectivity index (χ0n) is 11.6. The number of hydrogen-bond donors (Lipinski definition) is 2. The third-order valence-electron chi connectivity index (χ3n) is 4.07. The van der Waals surface area contributed by atoms with Crippen molar-refractivity contribution in [3.05, 3.63) is 35.4 Å². The molecule has 0 amide bonds. The predicted octanol–water partition coefficient (Wildman–Crippen LogP) is 2.95.